The van der Waals surface area contributed by atoms with E-state index >= 15 is 0 Å². The van der Waals surface area contributed by atoms with Gasteiger partial charge in [-0.25, -0.2) is 14.6 Å². The SMILES string of the molecule is COc1ccnc(C(=O)N[C@H]2COC(=O)[C@H](Cc3ccccc3)[C@@H](OC(=O)C(C)C)[C@H](C)OC2=O)c1OC(=O)Oc1ccccc1. The number of nitrogens with zero attached hydrogens (tertiary/aromatic N) is 1. The number of hydrogen-bond donors (Lipinski definition) is 1. The van der Waals surface area contributed by atoms with E-state index in [4.69, 9.17) is 28.4 Å². The van der Waals surface area contributed by atoms with E-state index in [1.54, 1.807) is 56.3 Å². The molecular formula is C33H34N2O11. The minimum Gasteiger partial charge on any atom is -0.493 e. The molecule has 4 atom stereocenters. The van der Waals surface area contributed by atoms with Crippen molar-refractivity contribution >= 4 is 30.0 Å². The Morgan fingerprint density at radius 1 is 0.957 bits per heavy atom. The van der Waals surface area contributed by atoms with E-state index in [0.29, 0.717) is 0 Å². The molecule has 2 heterocycles. The number of para-hydroxylation sites is 1. The number of nitrogens with one attached hydrogen (secondary N) is 1. The van der Waals surface area contributed by atoms with Gasteiger partial charge in [-0.05, 0) is 31.0 Å². The zero-order chi connectivity index (χ0) is 33.2. The number of hydrogen-bond acceptors (Lipinski definition) is 12. The molecule has 0 bridgehead atoms. The van der Waals surface area contributed by atoms with Gasteiger partial charge in [0.05, 0.1) is 13.0 Å². The number of esters is 3. The highest BCUT2D eigenvalue weighted by Gasteiger charge is 2.42. The van der Waals surface area contributed by atoms with E-state index in [9.17, 15) is 24.0 Å². The van der Waals surface area contributed by atoms with Crippen LogP contribution in [0.1, 0.15) is 36.8 Å². The maximum atomic E-state index is 13.5. The van der Waals surface area contributed by atoms with Gasteiger partial charge in [-0.2, -0.15) is 0 Å². The highest BCUT2D eigenvalue weighted by Crippen LogP contribution is 2.31. The monoisotopic (exact) mass is 634 g/mol. The molecule has 0 aliphatic carbocycles. The molecule has 0 saturated carbocycles. The van der Waals surface area contributed by atoms with Gasteiger partial charge < -0.3 is 33.7 Å². The van der Waals surface area contributed by atoms with Crippen molar-refractivity contribution in [3.63, 3.8) is 0 Å². The van der Waals surface area contributed by atoms with Crippen molar-refractivity contribution in [3.05, 3.63) is 84.2 Å². The van der Waals surface area contributed by atoms with E-state index in [1.165, 1.54) is 38.4 Å². The fourth-order valence-corrected chi connectivity index (χ4v) is 4.52. The lowest BCUT2D eigenvalue weighted by atomic mass is 9.91. The number of pyridine rings is 1. The van der Waals surface area contributed by atoms with Gasteiger partial charge in [0.1, 0.15) is 24.4 Å². The fourth-order valence-electron chi connectivity index (χ4n) is 4.52. The number of amides is 1. The fraction of sp³-hybridized carbons (Fsp3) is 0.333. The van der Waals surface area contributed by atoms with Crippen molar-refractivity contribution in [2.45, 2.75) is 45.4 Å². The third kappa shape index (κ3) is 8.58. The summed E-state index contributed by atoms with van der Waals surface area (Å²) in [4.78, 5) is 69.4. The first-order valence-corrected chi connectivity index (χ1v) is 14.5. The topological polar surface area (TPSA) is 166 Å². The normalized spacial score (nSPS) is 19.8. The average molecular weight is 635 g/mol. The van der Waals surface area contributed by atoms with Crippen LogP contribution >= 0.6 is 0 Å². The second-order valence-corrected chi connectivity index (χ2v) is 10.6. The molecule has 3 aromatic rings. The van der Waals surface area contributed by atoms with Gasteiger partial charge in [-0.3, -0.25) is 14.4 Å². The molecule has 1 amide bonds. The minimum absolute atomic E-state index is 0.0270. The number of rotatable bonds is 9. The van der Waals surface area contributed by atoms with Crippen LogP contribution in [0.2, 0.25) is 0 Å². The van der Waals surface area contributed by atoms with Crippen LogP contribution in [0.25, 0.3) is 0 Å². The molecule has 13 heteroatoms. The Labute approximate surface area is 265 Å². The Hall–Kier alpha value is -5.46. The standard InChI is InChI=1S/C33H34N2O11/c1-19(2)30(37)45-27-20(3)43-32(39)24(18-42-31(38)23(27)17-21-11-7-5-8-12-21)35-29(36)26-28(25(41-4)15-16-34-26)46-33(40)44-22-13-9-6-10-14-22/h5-16,19-20,23-24,27H,17-18H2,1-4H3,(H,35,36)/t20-,23+,24-,27-/m0/s1. The molecule has 1 saturated heterocycles. The van der Waals surface area contributed by atoms with Gasteiger partial charge in [0, 0.05) is 12.3 Å². The number of benzene rings is 2. The largest absolute Gasteiger partial charge is 0.519 e. The smallest absolute Gasteiger partial charge is 0.493 e. The summed E-state index contributed by atoms with van der Waals surface area (Å²) in [7, 11) is 1.29. The van der Waals surface area contributed by atoms with Crippen molar-refractivity contribution in [1.82, 2.24) is 10.3 Å². The van der Waals surface area contributed by atoms with E-state index in [0.717, 1.165) is 5.56 Å². The number of ether oxygens (including phenoxy) is 6. The highest BCUT2D eigenvalue weighted by atomic mass is 16.7. The van der Waals surface area contributed by atoms with E-state index in [1.807, 2.05) is 6.07 Å². The second-order valence-electron chi connectivity index (χ2n) is 10.6. The number of methoxy groups -OCH3 is 1. The number of carbonyl (C=O) groups excluding carboxylic acids is 5. The van der Waals surface area contributed by atoms with Crippen LogP contribution < -0.4 is 19.5 Å². The molecule has 2 aromatic carbocycles. The van der Waals surface area contributed by atoms with Crippen molar-refractivity contribution in [2.24, 2.45) is 11.8 Å². The van der Waals surface area contributed by atoms with Crippen LogP contribution in [-0.2, 0) is 35.0 Å². The molecule has 4 rings (SSSR count). The van der Waals surface area contributed by atoms with Crippen LogP contribution in [0.15, 0.2) is 72.9 Å². The van der Waals surface area contributed by atoms with E-state index < -0.39 is 72.4 Å². The molecule has 1 N–H and O–H groups in total. The molecule has 0 spiro atoms. The maximum absolute atomic E-state index is 13.5. The van der Waals surface area contributed by atoms with Crippen molar-refractivity contribution < 1.29 is 52.4 Å². The summed E-state index contributed by atoms with van der Waals surface area (Å²) in [6, 6.07) is 16.9. The van der Waals surface area contributed by atoms with Gasteiger partial charge in [0.2, 0.25) is 5.75 Å². The van der Waals surface area contributed by atoms with Crippen molar-refractivity contribution in [1.29, 1.82) is 0 Å². The summed E-state index contributed by atoms with van der Waals surface area (Å²) >= 11 is 0. The predicted octanol–water partition coefficient (Wildman–Crippen LogP) is 3.68. The minimum atomic E-state index is -1.51. The molecule has 0 radical (unpaired) electrons. The van der Waals surface area contributed by atoms with Gasteiger partial charge in [0.15, 0.2) is 23.6 Å². The molecule has 0 unspecified atom stereocenters. The summed E-state index contributed by atoms with van der Waals surface area (Å²) in [6.07, 6.45) is -2.11. The van der Waals surface area contributed by atoms with Gasteiger partial charge in [0.25, 0.3) is 5.91 Å². The molecular weight excluding hydrogens is 600 g/mol. The Morgan fingerprint density at radius 3 is 2.28 bits per heavy atom. The lowest BCUT2D eigenvalue weighted by Gasteiger charge is -2.29. The Balaban J connectivity index is 1.57. The molecule has 1 fully saturated rings. The van der Waals surface area contributed by atoms with Crippen LogP contribution in [-0.4, -0.2) is 66.9 Å². The zero-order valence-electron chi connectivity index (χ0n) is 25.7. The third-order valence-corrected chi connectivity index (χ3v) is 6.90. The van der Waals surface area contributed by atoms with Gasteiger partial charge >= 0.3 is 24.1 Å². The van der Waals surface area contributed by atoms with Crippen molar-refractivity contribution in [2.75, 3.05) is 13.7 Å². The summed E-state index contributed by atoms with van der Waals surface area (Å²) < 4.78 is 32.5. The van der Waals surface area contributed by atoms with Gasteiger partial charge in [-0.15, -0.1) is 0 Å². The second kappa shape index (κ2) is 15.5. The van der Waals surface area contributed by atoms with Crippen molar-refractivity contribution in [3.8, 4) is 17.2 Å². The number of cyclic esters (lactones) is 2. The number of carbonyl (C=O) groups is 5. The lowest BCUT2D eigenvalue weighted by molar-refractivity contribution is -0.176. The molecule has 1 aliphatic rings. The van der Waals surface area contributed by atoms with Crippen LogP contribution in [0.4, 0.5) is 4.79 Å². The van der Waals surface area contributed by atoms with Crippen LogP contribution in [0, 0.1) is 11.8 Å². The average Bonchev–Trinajstić information content (AvgIpc) is 3.07. The Kier molecular flexibility index (Phi) is 11.3. The quantitative estimate of drug-likeness (QED) is 0.206. The summed E-state index contributed by atoms with van der Waals surface area (Å²) in [5, 5.41) is 2.43. The third-order valence-electron chi connectivity index (χ3n) is 6.90. The first-order valence-electron chi connectivity index (χ1n) is 14.5. The number of aromatic nitrogens is 1. The van der Waals surface area contributed by atoms with E-state index in [2.05, 4.69) is 10.3 Å². The molecule has 46 heavy (non-hydrogen) atoms. The molecule has 1 aromatic heterocycles. The van der Waals surface area contributed by atoms with E-state index in [-0.39, 0.29) is 23.7 Å². The predicted molar refractivity (Wildman–Crippen MR) is 160 cm³/mol. The first kappa shape index (κ1) is 33.4. The first-order chi connectivity index (χ1) is 22.1. The zero-order valence-corrected chi connectivity index (χ0v) is 25.7. The molecule has 1 aliphatic heterocycles. The van der Waals surface area contributed by atoms with Gasteiger partial charge in [-0.1, -0.05) is 62.4 Å². The summed E-state index contributed by atoms with van der Waals surface area (Å²) in [5.74, 6) is -5.07. The maximum Gasteiger partial charge on any atom is 0.519 e. The Morgan fingerprint density at radius 2 is 1.63 bits per heavy atom. The lowest BCUT2D eigenvalue weighted by Crippen LogP contribution is -2.47. The van der Waals surface area contributed by atoms with Crippen LogP contribution in [0.3, 0.4) is 0 Å². The highest BCUT2D eigenvalue weighted by molar-refractivity contribution is 5.98. The Bertz CT molecular complexity index is 1550. The summed E-state index contributed by atoms with van der Waals surface area (Å²) in [5.41, 5.74) is 0.335. The molecule has 242 valence electrons. The molecule has 13 nitrogen and oxygen atoms in total. The van der Waals surface area contributed by atoms with Crippen LogP contribution in [0.5, 0.6) is 17.2 Å². The summed E-state index contributed by atoms with van der Waals surface area (Å²) in [6.45, 7) is 4.15.